The van der Waals surface area contributed by atoms with Gasteiger partial charge < -0.3 is 9.84 Å². The number of hydrogen-bond donors (Lipinski definition) is 0. The first-order valence-electron chi connectivity index (χ1n) is 5.61. The minimum Gasteiger partial charge on any atom is -0.876 e. The number of carbonyl (C=O) groups excluding carboxylic acids is 1. The second kappa shape index (κ2) is 6.32. The number of ether oxygens (including phenoxy) is 1. The molecule has 19 heavy (non-hydrogen) atoms. The van der Waals surface area contributed by atoms with E-state index in [4.69, 9.17) is 4.74 Å². The number of nitrogens with zero attached hydrogens (tertiary/aromatic N) is 1. The molecule has 1 heterocycles. The van der Waals surface area contributed by atoms with Crippen LogP contribution in [0.4, 0.5) is 0 Å². The number of benzene rings is 1. The van der Waals surface area contributed by atoms with Gasteiger partial charge >= 0.3 is 51.4 Å². The first-order valence-corrected chi connectivity index (χ1v) is 5.61. The smallest absolute Gasteiger partial charge is 0.876 e. The van der Waals surface area contributed by atoms with Gasteiger partial charge in [0.1, 0.15) is 5.75 Å². The number of rotatable bonds is 2. The summed E-state index contributed by atoms with van der Waals surface area (Å²) in [5.74, 6) is 0.504. The fraction of sp³-hybridized carbons (Fsp3) is 0.286. The van der Waals surface area contributed by atoms with Crippen LogP contribution in [0, 0.1) is 5.41 Å². The van der Waals surface area contributed by atoms with E-state index in [1.165, 1.54) is 0 Å². The fourth-order valence-electron chi connectivity index (χ4n) is 1.99. The van der Waals surface area contributed by atoms with E-state index < -0.39 is 5.41 Å². The molecule has 1 aliphatic heterocycles. The van der Waals surface area contributed by atoms with Crippen LogP contribution in [0.2, 0.25) is 0 Å². The third kappa shape index (κ3) is 3.00. The van der Waals surface area contributed by atoms with Crippen molar-refractivity contribution in [1.82, 2.24) is 0 Å². The van der Waals surface area contributed by atoms with E-state index in [0.29, 0.717) is 12.0 Å². The summed E-state index contributed by atoms with van der Waals surface area (Å²) in [6, 6.07) is 7.27. The molecule has 0 spiro atoms. The zero-order chi connectivity index (χ0) is 13.3. The third-order valence-electron chi connectivity index (χ3n) is 3.10. The Morgan fingerprint density at radius 3 is 2.26 bits per heavy atom. The van der Waals surface area contributed by atoms with Gasteiger partial charge in [0.25, 0.3) is 0 Å². The van der Waals surface area contributed by atoms with Crippen molar-refractivity contribution in [3.8, 4) is 5.75 Å². The summed E-state index contributed by atoms with van der Waals surface area (Å²) in [5.41, 5.74) is 0.680. The minimum absolute atomic E-state index is 0. The molecule has 0 unspecified atom stereocenters. The Bertz CT molecular complexity index is 544. The van der Waals surface area contributed by atoms with Crippen LogP contribution in [-0.2, 0) is 4.79 Å². The first-order chi connectivity index (χ1) is 8.50. The number of methoxy groups -OCH3 is 1. The standard InChI is InChI=1S/C14H15NO3.K/c1-14(2)12(15-11(8-16)13(14)17)9-4-6-10(18-3)7-5-9;/h4-8,16H,1-3H3;/q;+1/p-1/b11-8+;. The van der Waals surface area contributed by atoms with E-state index in [1.807, 2.05) is 12.1 Å². The molecule has 0 bridgehead atoms. The average molecular weight is 283 g/mol. The average Bonchev–Trinajstić information content (AvgIpc) is 2.61. The molecular formula is C14H14KNO3. The number of ketones is 1. The van der Waals surface area contributed by atoms with Crippen molar-refractivity contribution in [2.24, 2.45) is 10.4 Å². The first kappa shape index (κ1) is 16.6. The summed E-state index contributed by atoms with van der Waals surface area (Å²) in [7, 11) is 1.59. The topological polar surface area (TPSA) is 61.7 Å². The Morgan fingerprint density at radius 1 is 1.26 bits per heavy atom. The van der Waals surface area contributed by atoms with Crippen LogP contribution in [0.15, 0.2) is 41.2 Å². The number of hydrogen-bond acceptors (Lipinski definition) is 4. The van der Waals surface area contributed by atoms with Crippen LogP contribution in [0.1, 0.15) is 19.4 Å². The molecule has 1 aliphatic rings. The number of carbonyl (C=O) groups is 1. The quantitative estimate of drug-likeness (QED) is 0.369. The molecule has 2 rings (SSSR count). The normalized spacial score (nSPS) is 19.0. The zero-order valence-corrected chi connectivity index (χ0v) is 14.7. The van der Waals surface area contributed by atoms with E-state index in [-0.39, 0.29) is 62.9 Å². The summed E-state index contributed by atoms with van der Waals surface area (Å²) in [5, 5.41) is 10.8. The van der Waals surface area contributed by atoms with Crippen LogP contribution in [0.25, 0.3) is 0 Å². The molecule has 0 aromatic heterocycles. The Balaban J connectivity index is 0.00000180. The van der Waals surface area contributed by atoms with E-state index in [9.17, 15) is 9.90 Å². The van der Waals surface area contributed by atoms with Gasteiger partial charge in [-0.05, 0) is 43.7 Å². The van der Waals surface area contributed by atoms with Crippen molar-refractivity contribution in [3.05, 3.63) is 41.8 Å². The Morgan fingerprint density at radius 2 is 1.84 bits per heavy atom. The van der Waals surface area contributed by atoms with Gasteiger partial charge in [-0.3, -0.25) is 4.79 Å². The summed E-state index contributed by atoms with van der Waals surface area (Å²) >= 11 is 0. The molecule has 0 radical (unpaired) electrons. The van der Waals surface area contributed by atoms with Crippen LogP contribution in [-0.4, -0.2) is 18.6 Å². The molecule has 5 heteroatoms. The summed E-state index contributed by atoms with van der Waals surface area (Å²) < 4.78 is 5.08. The van der Waals surface area contributed by atoms with Gasteiger partial charge in [0.15, 0.2) is 5.78 Å². The molecule has 0 atom stereocenters. The molecule has 4 nitrogen and oxygen atoms in total. The molecule has 0 saturated carbocycles. The van der Waals surface area contributed by atoms with Gasteiger partial charge in [0.05, 0.1) is 23.9 Å². The van der Waals surface area contributed by atoms with Gasteiger partial charge in [-0.15, -0.1) is 6.26 Å². The van der Waals surface area contributed by atoms with E-state index in [2.05, 4.69) is 4.99 Å². The minimum atomic E-state index is -0.759. The Hall–Kier alpha value is -0.464. The van der Waals surface area contributed by atoms with Gasteiger partial charge in [-0.25, -0.2) is 4.99 Å². The molecule has 0 saturated heterocycles. The summed E-state index contributed by atoms with van der Waals surface area (Å²) in [6.07, 6.45) is 0.514. The predicted molar refractivity (Wildman–Crippen MR) is 66.4 cm³/mol. The van der Waals surface area contributed by atoms with Crippen LogP contribution in [0.5, 0.6) is 5.75 Å². The maximum Gasteiger partial charge on any atom is 1.00 e. The molecule has 0 N–H and O–H groups in total. The van der Waals surface area contributed by atoms with E-state index >= 15 is 0 Å². The van der Waals surface area contributed by atoms with Crippen LogP contribution >= 0.6 is 0 Å². The SMILES string of the molecule is COc1ccc(C2=N/C(=C/[O-])C(=O)C2(C)C)cc1.[K+]. The van der Waals surface area contributed by atoms with Crippen LogP contribution in [0.3, 0.4) is 0 Å². The second-order valence-corrected chi connectivity index (χ2v) is 4.65. The summed E-state index contributed by atoms with van der Waals surface area (Å²) in [6.45, 7) is 3.55. The predicted octanol–water partition coefficient (Wildman–Crippen LogP) is -1.70. The second-order valence-electron chi connectivity index (χ2n) is 4.65. The van der Waals surface area contributed by atoms with Crippen molar-refractivity contribution in [2.75, 3.05) is 7.11 Å². The number of Topliss-reactive ketones (excluding diaryl/α,β-unsaturated/α-hetero) is 1. The maximum atomic E-state index is 12.0. The maximum absolute atomic E-state index is 12.0. The molecule has 0 aliphatic carbocycles. The fourth-order valence-corrected chi connectivity index (χ4v) is 1.99. The van der Waals surface area contributed by atoms with Crippen molar-refractivity contribution in [3.63, 3.8) is 0 Å². The van der Waals surface area contributed by atoms with Crippen molar-refractivity contribution in [2.45, 2.75) is 13.8 Å². The van der Waals surface area contributed by atoms with Crippen molar-refractivity contribution in [1.29, 1.82) is 0 Å². The van der Waals surface area contributed by atoms with Gasteiger partial charge in [-0.2, -0.15) is 0 Å². The molecular weight excluding hydrogens is 269 g/mol. The van der Waals surface area contributed by atoms with Crippen molar-refractivity contribution >= 4 is 11.5 Å². The zero-order valence-electron chi connectivity index (χ0n) is 11.6. The molecule has 1 aromatic rings. The molecule has 94 valence electrons. The number of aliphatic imine (C=N–C) groups is 1. The largest absolute Gasteiger partial charge is 1.00 e. The summed E-state index contributed by atoms with van der Waals surface area (Å²) in [4.78, 5) is 16.1. The van der Waals surface area contributed by atoms with Crippen molar-refractivity contribution < 1.29 is 66.0 Å². The number of allylic oxidation sites excluding steroid dienone is 1. The van der Waals surface area contributed by atoms with Gasteiger partial charge in [-0.1, -0.05) is 0 Å². The third-order valence-corrected chi connectivity index (χ3v) is 3.10. The molecule has 0 fully saturated rings. The monoisotopic (exact) mass is 283 g/mol. The Labute approximate surface area is 155 Å². The van der Waals surface area contributed by atoms with E-state index in [0.717, 1.165) is 11.3 Å². The van der Waals surface area contributed by atoms with Gasteiger partial charge in [0, 0.05) is 0 Å². The van der Waals surface area contributed by atoms with Gasteiger partial charge in [0.2, 0.25) is 0 Å². The van der Waals surface area contributed by atoms with E-state index in [1.54, 1.807) is 33.1 Å². The van der Waals surface area contributed by atoms with Crippen LogP contribution < -0.4 is 61.2 Å². The Kier molecular flexibility index (Phi) is 5.52. The molecule has 1 aromatic carbocycles. The molecule has 0 amide bonds.